The molecule has 0 amide bonds. The monoisotopic (exact) mass is 369 g/mol. The molecule has 1 aromatic rings. The molecule has 0 unspecified atom stereocenters. The maximum atomic E-state index is 12.4. The number of aldehydes is 1. The van der Waals surface area contributed by atoms with Gasteiger partial charge >= 0.3 is 5.97 Å². The minimum atomic E-state index is -0.933. The molecule has 0 aromatic heterocycles. The van der Waals surface area contributed by atoms with E-state index in [1.807, 2.05) is 0 Å². The summed E-state index contributed by atoms with van der Waals surface area (Å²) in [6.45, 7) is 0.604. The molecule has 1 saturated carbocycles. The van der Waals surface area contributed by atoms with E-state index >= 15 is 0 Å². The molecule has 1 aromatic carbocycles. The molecule has 0 bridgehead atoms. The third-order valence-electron chi connectivity index (χ3n) is 3.97. The van der Waals surface area contributed by atoms with E-state index in [0.717, 1.165) is 12.8 Å². The van der Waals surface area contributed by atoms with Crippen LogP contribution in [-0.2, 0) is 4.79 Å². The van der Waals surface area contributed by atoms with E-state index in [1.165, 1.54) is 44.2 Å². The van der Waals surface area contributed by atoms with Crippen LogP contribution in [0.3, 0.4) is 0 Å². The molecule has 6 nitrogen and oxygen atoms in total. The average molecular weight is 369 g/mol. The standard InChI is InChI=1S/C7H5FO.C6H14N2O2.C6H13N/c8-7-4-2-1-3-6(7)5-9;7-4-2-1-3-5(8)6(9)10;7-6-4-2-1-3-5-6/h1-5H;5H,1-4,7-8H2,(H,9,10);6H,1-5,7H2/t;5-;/m.0./s1. The Morgan fingerprint density at radius 1 is 1.23 bits per heavy atom. The summed E-state index contributed by atoms with van der Waals surface area (Å²) in [5.41, 5.74) is 16.2. The van der Waals surface area contributed by atoms with E-state index in [0.29, 0.717) is 25.3 Å². The molecule has 1 fully saturated rings. The zero-order valence-corrected chi connectivity index (χ0v) is 15.3. The number of carbonyl (C=O) groups excluding carboxylic acids is 1. The van der Waals surface area contributed by atoms with Gasteiger partial charge in [0.25, 0.3) is 0 Å². The van der Waals surface area contributed by atoms with Crippen LogP contribution in [-0.4, -0.2) is 36.0 Å². The van der Waals surface area contributed by atoms with Gasteiger partial charge in [0.05, 0.1) is 5.56 Å². The van der Waals surface area contributed by atoms with Crippen LogP contribution in [0.5, 0.6) is 0 Å². The summed E-state index contributed by atoms with van der Waals surface area (Å²) in [6.07, 6.45) is 9.32. The predicted molar refractivity (Wildman–Crippen MR) is 101 cm³/mol. The van der Waals surface area contributed by atoms with Crippen molar-refractivity contribution in [3.05, 3.63) is 35.6 Å². The van der Waals surface area contributed by atoms with Crippen LogP contribution < -0.4 is 17.2 Å². The van der Waals surface area contributed by atoms with Gasteiger partial charge in [0, 0.05) is 6.04 Å². The summed E-state index contributed by atoms with van der Waals surface area (Å²) < 4.78 is 12.4. The number of nitrogens with two attached hydrogens (primary N) is 3. The van der Waals surface area contributed by atoms with Crippen molar-refractivity contribution in [3.8, 4) is 0 Å². The Balaban J connectivity index is 0.000000365. The highest BCUT2D eigenvalue weighted by Gasteiger charge is 2.09. The fourth-order valence-electron chi connectivity index (χ4n) is 2.34. The fraction of sp³-hybridized carbons (Fsp3) is 0.579. The lowest BCUT2D eigenvalue weighted by atomic mass is 9.97. The minimum absolute atomic E-state index is 0.109. The fourth-order valence-corrected chi connectivity index (χ4v) is 2.34. The number of carboxylic acids is 1. The molecular formula is C19H32FN3O3. The SMILES string of the molecule is NC1CCCCC1.NCCCC[C@H](N)C(=O)O.O=Cc1ccccc1F. The van der Waals surface area contributed by atoms with Gasteiger partial charge in [0.2, 0.25) is 0 Å². The third kappa shape index (κ3) is 12.5. The van der Waals surface area contributed by atoms with Crippen molar-refractivity contribution in [2.45, 2.75) is 63.5 Å². The zero-order chi connectivity index (χ0) is 19.8. The van der Waals surface area contributed by atoms with Crippen LogP contribution in [0, 0.1) is 5.82 Å². The summed E-state index contributed by atoms with van der Waals surface area (Å²) in [5.74, 6) is -1.40. The van der Waals surface area contributed by atoms with Crippen LogP contribution in [0.2, 0.25) is 0 Å². The van der Waals surface area contributed by atoms with Crippen molar-refractivity contribution >= 4 is 12.3 Å². The number of carbonyl (C=O) groups is 2. The van der Waals surface area contributed by atoms with Gasteiger partial charge in [0.1, 0.15) is 11.9 Å². The van der Waals surface area contributed by atoms with Gasteiger partial charge in [-0.2, -0.15) is 0 Å². The number of aliphatic carboxylic acids is 1. The van der Waals surface area contributed by atoms with Crippen molar-refractivity contribution in [1.29, 1.82) is 0 Å². The second kappa shape index (κ2) is 15.4. The van der Waals surface area contributed by atoms with Crippen molar-refractivity contribution < 1.29 is 19.1 Å². The molecule has 7 heteroatoms. The van der Waals surface area contributed by atoms with Gasteiger partial charge in [-0.1, -0.05) is 37.8 Å². The Bertz CT molecular complexity index is 509. The van der Waals surface area contributed by atoms with Gasteiger partial charge in [0.15, 0.2) is 6.29 Å². The summed E-state index contributed by atoms with van der Waals surface area (Å²) >= 11 is 0. The second-order valence-corrected chi connectivity index (χ2v) is 6.27. The maximum Gasteiger partial charge on any atom is 0.320 e. The normalized spacial score (nSPS) is 14.9. The molecule has 0 radical (unpaired) electrons. The quantitative estimate of drug-likeness (QED) is 0.450. The zero-order valence-electron chi connectivity index (χ0n) is 15.3. The van der Waals surface area contributed by atoms with E-state index in [4.69, 9.17) is 22.3 Å². The predicted octanol–water partition coefficient (Wildman–Crippen LogP) is 2.44. The number of hydrogen-bond acceptors (Lipinski definition) is 5. The maximum absolute atomic E-state index is 12.4. The Labute approximate surface area is 154 Å². The van der Waals surface area contributed by atoms with Gasteiger partial charge in [-0.25, -0.2) is 4.39 Å². The van der Waals surface area contributed by atoms with Gasteiger partial charge in [-0.05, 0) is 44.4 Å². The number of carboxylic acid groups (broad SMARTS) is 1. The molecule has 0 spiro atoms. The van der Waals surface area contributed by atoms with E-state index in [9.17, 15) is 14.0 Å². The molecule has 1 atom stereocenters. The van der Waals surface area contributed by atoms with Crippen molar-refractivity contribution in [2.24, 2.45) is 17.2 Å². The highest BCUT2D eigenvalue weighted by Crippen LogP contribution is 2.14. The molecule has 0 saturated heterocycles. The first kappa shape index (κ1) is 24.2. The first-order valence-electron chi connectivity index (χ1n) is 9.06. The molecule has 2 rings (SSSR count). The Morgan fingerprint density at radius 2 is 1.85 bits per heavy atom. The Kier molecular flexibility index (Phi) is 14.3. The van der Waals surface area contributed by atoms with Gasteiger partial charge in [-0.15, -0.1) is 0 Å². The third-order valence-corrected chi connectivity index (χ3v) is 3.97. The number of halogens is 1. The number of hydrogen-bond donors (Lipinski definition) is 4. The average Bonchev–Trinajstić information content (AvgIpc) is 2.64. The minimum Gasteiger partial charge on any atom is -0.480 e. The number of rotatable bonds is 6. The van der Waals surface area contributed by atoms with E-state index < -0.39 is 17.8 Å². The van der Waals surface area contributed by atoms with Crippen LogP contribution in [0.1, 0.15) is 61.7 Å². The molecule has 7 N–H and O–H groups in total. The molecule has 148 valence electrons. The van der Waals surface area contributed by atoms with Crippen LogP contribution >= 0.6 is 0 Å². The molecule has 1 aliphatic rings. The lowest BCUT2D eigenvalue weighted by Crippen LogP contribution is -2.29. The number of unbranched alkanes of at least 4 members (excludes halogenated alkanes) is 1. The van der Waals surface area contributed by atoms with Crippen molar-refractivity contribution in [2.75, 3.05) is 6.54 Å². The molecule has 26 heavy (non-hydrogen) atoms. The summed E-state index contributed by atoms with van der Waals surface area (Å²) in [6, 6.07) is 5.67. The molecular weight excluding hydrogens is 337 g/mol. The summed E-state index contributed by atoms with van der Waals surface area (Å²) in [7, 11) is 0. The largest absolute Gasteiger partial charge is 0.480 e. The lowest BCUT2D eigenvalue weighted by Gasteiger charge is -2.15. The lowest BCUT2D eigenvalue weighted by molar-refractivity contribution is -0.138. The van der Waals surface area contributed by atoms with E-state index in [-0.39, 0.29) is 5.56 Å². The number of benzene rings is 1. The van der Waals surface area contributed by atoms with Crippen molar-refractivity contribution in [3.63, 3.8) is 0 Å². The second-order valence-electron chi connectivity index (χ2n) is 6.27. The summed E-state index contributed by atoms with van der Waals surface area (Å²) in [4.78, 5) is 20.1. The Morgan fingerprint density at radius 3 is 2.23 bits per heavy atom. The van der Waals surface area contributed by atoms with Crippen LogP contribution in [0.25, 0.3) is 0 Å². The Hall–Kier alpha value is -1.83. The topological polar surface area (TPSA) is 132 Å². The van der Waals surface area contributed by atoms with Gasteiger partial charge in [-0.3, -0.25) is 9.59 Å². The first-order chi connectivity index (χ1) is 12.4. The first-order valence-corrected chi connectivity index (χ1v) is 9.06. The van der Waals surface area contributed by atoms with E-state index in [2.05, 4.69) is 0 Å². The van der Waals surface area contributed by atoms with Gasteiger partial charge < -0.3 is 22.3 Å². The molecule has 0 heterocycles. The highest BCUT2D eigenvalue weighted by molar-refractivity contribution is 5.74. The molecule has 0 aliphatic heterocycles. The van der Waals surface area contributed by atoms with E-state index in [1.54, 1.807) is 12.1 Å². The summed E-state index contributed by atoms with van der Waals surface area (Å²) in [5, 5.41) is 8.33. The molecule has 1 aliphatic carbocycles. The smallest absolute Gasteiger partial charge is 0.320 e. The highest BCUT2D eigenvalue weighted by atomic mass is 19.1. The van der Waals surface area contributed by atoms with Crippen LogP contribution in [0.4, 0.5) is 4.39 Å². The van der Waals surface area contributed by atoms with Crippen LogP contribution in [0.15, 0.2) is 24.3 Å². The van der Waals surface area contributed by atoms with Crippen molar-refractivity contribution in [1.82, 2.24) is 0 Å².